The first kappa shape index (κ1) is 13.1. The Kier molecular flexibility index (Phi) is 5.36. The molecule has 0 aliphatic carbocycles. The first-order valence-electron chi connectivity index (χ1n) is 5.33. The summed E-state index contributed by atoms with van der Waals surface area (Å²) < 4.78 is 5.68. The van der Waals surface area contributed by atoms with Crippen LogP contribution in [-0.2, 0) is 6.54 Å². The lowest BCUT2D eigenvalue weighted by Gasteiger charge is -2.11. The third kappa shape index (κ3) is 3.87. The summed E-state index contributed by atoms with van der Waals surface area (Å²) >= 11 is 6.11. The first-order chi connectivity index (χ1) is 7.65. The van der Waals surface area contributed by atoms with Gasteiger partial charge in [0.1, 0.15) is 12.4 Å². The van der Waals surface area contributed by atoms with E-state index in [-0.39, 0.29) is 0 Å². The standard InChI is InChI=1S/C13H18ClNO/c1-10(2)7-8-16-13-11(9-15-3)5-4-6-12(13)14/h4-7,15H,8-9H2,1-3H3. The molecular weight excluding hydrogens is 222 g/mol. The van der Waals surface area contributed by atoms with Gasteiger partial charge < -0.3 is 10.1 Å². The zero-order valence-corrected chi connectivity index (χ0v) is 10.8. The molecule has 0 spiro atoms. The van der Waals surface area contributed by atoms with Gasteiger partial charge >= 0.3 is 0 Å². The summed E-state index contributed by atoms with van der Waals surface area (Å²) in [4.78, 5) is 0. The lowest BCUT2D eigenvalue weighted by atomic mass is 10.2. The van der Waals surface area contributed by atoms with Gasteiger partial charge in [-0.25, -0.2) is 0 Å². The number of nitrogens with one attached hydrogen (secondary N) is 1. The number of hydrogen-bond acceptors (Lipinski definition) is 2. The highest BCUT2D eigenvalue weighted by Crippen LogP contribution is 2.28. The van der Waals surface area contributed by atoms with E-state index in [1.54, 1.807) is 0 Å². The molecule has 2 nitrogen and oxygen atoms in total. The Morgan fingerprint density at radius 3 is 2.81 bits per heavy atom. The van der Waals surface area contributed by atoms with E-state index in [1.807, 2.05) is 45.2 Å². The average Bonchev–Trinajstić information content (AvgIpc) is 2.22. The number of para-hydroxylation sites is 1. The molecule has 0 aliphatic rings. The van der Waals surface area contributed by atoms with E-state index in [9.17, 15) is 0 Å². The van der Waals surface area contributed by atoms with E-state index < -0.39 is 0 Å². The number of ether oxygens (including phenoxy) is 1. The van der Waals surface area contributed by atoms with Crippen LogP contribution in [0, 0.1) is 0 Å². The zero-order chi connectivity index (χ0) is 12.0. The minimum atomic E-state index is 0.558. The summed E-state index contributed by atoms with van der Waals surface area (Å²) in [5, 5.41) is 3.76. The first-order valence-corrected chi connectivity index (χ1v) is 5.71. The number of hydrogen-bond donors (Lipinski definition) is 1. The quantitative estimate of drug-likeness (QED) is 0.796. The van der Waals surface area contributed by atoms with Crippen molar-refractivity contribution in [1.82, 2.24) is 5.32 Å². The van der Waals surface area contributed by atoms with Crippen LogP contribution in [0.3, 0.4) is 0 Å². The van der Waals surface area contributed by atoms with Crippen LogP contribution in [0.2, 0.25) is 5.02 Å². The molecule has 1 aromatic carbocycles. The maximum Gasteiger partial charge on any atom is 0.142 e. The Bertz CT molecular complexity index is 370. The van der Waals surface area contributed by atoms with Gasteiger partial charge in [0.25, 0.3) is 0 Å². The minimum Gasteiger partial charge on any atom is -0.488 e. The van der Waals surface area contributed by atoms with Crippen molar-refractivity contribution in [2.45, 2.75) is 20.4 Å². The minimum absolute atomic E-state index is 0.558. The van der Waals surface area contributed by atoms with Crippen LogP contribution in [0.1, 0.15) is 19.4 Å². The molecule has 16 heavy (non-hydrogen) atoms. The zero-order valence-electron chi connectivity index (χ0n) is 10.0. The van der Waals surface area contributed by atoms with Gasteiger partial charge in [-0.15, -0.1) is 0 Å². The molecule has 1 rings (SSSR count). The fraction of sp³-hybridized carbons (Fsp3) is 0.385. The number of benzene rings is 1. The maximum atomic E-state index is 6.11. The summed E-state index contributed by atoms with van der Waals surface area (Å²) in [6.07, 6.45) is 2.03. The molecule has 1 aromatic rings. The second-order valence-electron chi connectivity index (χ2n) is 3.85. The molecule has 0 radical (unpaired) electrons. The van der Waals surface area contributed by atoms with Crippen molar-refractivity contribution in [3.05, 3.63) is 40.4 Å². The van der Waals surface area contributed by atoms with Crippen LogP contribution in [0.25, 0.3) is 0 Å². The molecule has 0 aliphatic heterocycles. The van der Waals surface area contributed by atoms with E-state index in [1.165, 1.54) is 5.57 Å². The number of allylic oxidation sites excluding steroid dienone is 1. The normalized spacial score (nSPS) is 10.0. The van der Waals surface area contributed by atoms with E-state index >= 15 is 0 Å². The molecule has 0 saturated heterocycles. The smallest absolute Gasteiger partial charge is 0.142 e. The van der Waals surface area contributed by atoms with Gasteiger partial charge in [0.2, 0.25) is 0 Å². The molecule has 0 saturated carbocycles. The maximum absolute atomic E-state index is 6.11. The molecule has 0 atom stereocenters. The molecule has 0 bridgehead atoms. The topological polar surface area (TPSA) is 21.3 Å². The van der Waals surface area contributed by atoms with Crippen molar-refractivity contribution < 1.29 is 4.74 Å². The van der Waals surface area contributed by atoms with Crippen molar-refractivity contribution in [3.63, 3.8) is 0 Å². The van der Waals surface area contributed by atoms with Crippen LogP contribution in [0.4, 0.5) is 0 Å². The number of halogens is 1. The van der Waals surface area contributed by atoms with Gasteiger partial charge in [-0.05, 0) is 33.0 Å². The summed E-state index contributed by atoms with van der Waals surface area (Å²) in [5.41, 5.74) is 2.32. The highest BCUT2D eigenvalue weighted by Gasteiger charge is 2.06. The third-order valence-electron chi connectivity index (χ3n) is 2.14. The van der Waals surface area contributed by atoms with Crippen LogP contribution in [-0.4, -0.2) is 13.7 Å². The molecule has 0 unspecified atom stereocenters. The van der Waals surface area contributed by atoms with Crippen LogP contribution >= 0.6 is 11.6 Å². The lowest BCUT2D eigenvalue weighted by Crippen LogP contribution is -2.08. The third-order valence-corrected chi connectivity index (χ3v) is 2.43. The summed E-state index contributed by atoms with van der Waals surface area (Å²) in [6.45, 7) is 5.41. The summed E-state index contributed by atoms with van der Waals surface area (Å²) in [5.74, 6) is 0.774. The summed E-state index contributed by atoms with van der Waals surface area (Å²) in [6, 6.07) is 5.79. The summed E-state index contributed by atoms with van der Waals surface area (Å²) in [7, 11) is 1.90. The van der Waals surface area contributed by atoms with Crippen LogP contribution in [0.5, 0.6) is 5.75 Å². The fourth-order valence-corrected chi connectivity index (χ4v) is 1.59. The van der Waals surface area contributed by atoms with E-state index in [4.69, 9.17) is 16.3 Å². The van der Waals surface area contributed by atoms with E-state index in [0.29, 0.717) is 11.6 Å². The molecule has 0 fully saturated rings. The van der Waals surface area contributed by atoms with Crippen molar-refractivity contribution in [3.8, 4) is 5.75 Å². The Balaban J connectivity index is 2.79. The molecule has 0 heterocycles. The van der Waals surface area contributed by atoms with E-state index in [2.05, 4.69) is 5.32 Å². The van der Waals surface area contributed by atoms with Crippen molar-refractivity contribution in [1.29, 1.82) is 0 Å². The molecule has 1 N–H and O–H groups in total. The predicted octanol–water partition coefficient (Wildman–Crippen LogP) is 3.40. The van der Waals surface area contributed by atoms with Gasteiger partial charge in [-0.1, -0.05) is 29.3 Å². The molecule has 3 heteroatoms. The second-order valence-corrected chi connectivity index (χ2v) is 4.26. The molecule has 0 aromatic heterocycles. The second kappa shape index (κ2) is 6.56. The van der Waals surface area contributed by atoms with Crippen LogP contribution in [0.15, 0.2) is 29.8 Å². The number of rotatable bonds is 5. The lowest BCUT2D eigenvalue weighted by molar-refractivity contribution is 0.357. The van der Waals surface area contributed by atoms with Crippen LogP contribution < -0.4 is 10.1 Å². The Labute approximate surface area is 102 Å². The fourth-order valence-electron chi connectivity index (χ4n) is 1.34. The van der Waals surface area contributed by atoms with Crippen molar-refractivity contribution in [2.75, 3.05) is 13.7 Å². The van der Waals surface area contributed by atoms with Gasteiger partial charge in [-0.3, -0.25) is 0 Å². The van der Waals surface area contributed by atoms with Gasteiger partial charge in [0, 0.05) is 12.1 Å². The SMILES string of the molecule is CNCc1cccc(Cl)c1OCC=C(C)C. The van der Waals surface area contributed by atoms with Gasteiger partial charge in [0.05, 0.1) is 5.02 Å². The molecular formula is C13H18ClNO. The highest BCUT2D eigenvalue weighted by molar-refractivity contribution is 6.32. The van der Waals surface area contributed by atoms with Gasteiger partial charge in [0.15, 0.2) is 0 Å². The molecule has 0 amide bonds. The Morgan fingerprint density at radius 1 is 1.44 bits per heavy atom. The Hall–Kier alpha value is -0.990. The Morgan fingerprint density at radius 2 is 2.19 bits per heavy atom. The monoisotopic (exact) mass is 239 g/mol. The highest BCUT2D eigenvalue weighted by atomic mass is 35.5. The average molecular weight is 240 g/mol. The van der Waals surface area contributed by atoms with Gasteiger partial charge in [-0.2, -0.15) is 0 Å². The predicted molar refractivity (Wildman–Crippen MR) is 69.1 cm³/mol. The van der Waals surface area contributed by atoms with E-state index in [0.717, 1.165) is 17.9 Å². The van der Waals surface area contributed by atoms with Crippen molar-refractivity contribution >= 4 is 11.6 Å². The largest absolute Gasteiger partial charge is 0.488 e. The molecule has 88 valence electrons. The van der Waals surface area contributed by atoms with Crippen molar-refractivity contribution in [2.24, 2.45) is 0 Å².